The number of hydrogen-bond donors (Lipinski definition) is 1. The highest BCUT2D eigenvalue weighted by Gasteiger charge is 2.18. The van der Waals surface area contributed by atoms with Crippen LogP contribution in [0.2, 0.25) is 0 Å². The van der Waals surface area contributed by atoms with Crippen molar-refractivity contribution in [3.8, 4) is 0 Å². The molecule has 0 amide bonds. The first-order valence-electron chi connectivity index (χ1n) is 7.15. The van der Waals surface area contributed by atoms with Crippen LogP contribution in [0.25, 0.3) is 10.9 Å². The van der Waals surface area contributed by atoms with Gasteiger partial charge in [-0.15, -0.1) is 0 Å². The third-order valence-electron chi connectivity index (χ3n) is 3.03. The molecule has 2 heterocycles. The minimum atomic E-state index is -0.476. The topological polar surface area (TPSA) is 70.1 Å². The molecule has 0 spiro atoms. The van der Waals surface area contributed by atoms with E-state index >= 15 is 0 Å². The van der Waals surface area contributed by atoms with Gasteiger partial charge in [0.15, 0.2) is 0 Å². The average molecular weight is 289 g/mol. The van der Waals surface area contributed by atoms with Crippen molar-refractivity contribution in [2.45, 2.75) is 52.3 Å². The van der Waals surface area contributed by atoms with Crippen LogP contribution < -0.4 is 5.73 Å². The van der Waals surface area contributed by atoms with Gasteiger partial charge in [0.1, 0.15) is 12.1 Å². The van der Waals surface area contributed by atoms with E-state index in [0.29, 0.717) is 0 Å². The standard InChI is InChI=1S/C16H23N3O2/c1-11(17)7-12-9-19(10-15(20)21-16(2,3)4)14-5-6-18-8-13(12)14/h5-6,8-9,11H,7,10,17H2,1-4H3. The Morgan fingerprint density at radius 1 is 1.48 bits per heavy atom. The van der Waals surface area contributed by atoms with E-state index in [4.69, 9.17) is 10.5 Å². The van der Waals surface area contributed by atoms with E-state index in [2.05, 4.69) is 4.98 Å². The van der Waals surface area contributed by atoms with Crippen molar-refractivity contribution in [2.75, 3.05) is 0 Å². The number of aromatic nitrogens is 2. The van der Waals surface area contributed by atoms with Gasteiger partial charge in [0, 0.05) is 30.0 Å². The number of carbonyl (C=O) groups is 1. The summed E-state index contributed by atoms with van der Waals surface area (Å²) in [6, 6.07) is 1.97. The van der Waals surface area contributed by atoms with Crippen molar-refractivity contribution in [1.29, 1.82) is 0 Å². The normalized spacial score (nSPS) is 13.4. The molecule has 0 aromatic carbocycles. The van der Waals surface area contributed by atoms with E-state index in [-0.39, 0.29) is 18.6 Å². The SMILES string of the molecule is CC(N)Cc1cn(CC(=O)OC(C)(C)C)c2ccncc12. The third-order valence-corrected chi connectivity index (χ3v) is 3.03. The van der Waals surface area contributed by atoms with Crippen molar-refractivity contribution >= 4 is 16.9 Å². The zero-order valence-electron chi connectivity index (χ0n) is 13.1. The summed E-state index contributed by atoms with van der Waals surface area (Å²) >= 11 is 0. The predicted octanol–water partition coefficient (Wildman–Crippen LogP) is 2.27. The number of nitrogens with two attached hydrogens (primary N) is 1. The first kappa shape index (κ1) is 15.5. The number of esters is 1. The molecule has 114 valence electrons. The molecule has 0 aliphatic carbocycles. The molecule has 0 aliphatic heterocycles. The molecule has 2 N–H and O–H groups in total. The quantitative estimate of drug-likeness (QED) is 0.877. The minimum Gasteiger partial charge on any atom is -0.459 e. The average Bonchev–Trinajstić information content (AvgIpc) is 2.65. The third kappa shape index (κ3) is 4.04. The van der Waals surface area contributed by atoms with Gasteiger partial charge in [0.2, 0.25) is 0 Å². The molecule has 2 rings (SSSR count). The highest BCUT2D eigenvalue weighted by atomic mass is 16.6. The van der Waals surface area contributed by atoms with Crippen LogP contribution in [0, 0.1) is 0 Å². The first-order valence-corrected chi connectivity index (χ1v) is 7.15. The van der Waals surface area contributed by atoms with Crippen molar-refractivity contribution in [3.05, 3.63) is 30.2 Å². The van der Waals surface area contributed by atoms with Crippen LogP contribution in [0.1, 0.15) is 33.3 Å². The van der Waals surface area contributed by atoms with E-state index in [1.165, 1.54) is 0 Å². The lowest BCUT2D eigenvalue weighted by Crippen LogP contribution is -2.26. The number of pyridine rings is 1. The number of fused-ring (bicyclic) bond motifs is 1. The summed E-state index contributed by atoms with van der Waals surface area (Å²) in [4.78, 5) is 16.2. The summed E-state index contributed by atoms with van der Waals surface area (Å²) in [6.07, 6.45) is 6.27. The minimum absolute atomic E-state index is 0.0609. The molecule has 0 aliphatic rings. The monoisotopic (exact) mass is 289 g/mol. The first-order chi connectivity index (χ1) is 9.76. The molecule has 2 aromatic heterocycles. The molecule has 0 saturated carbocycles. The van der Waals surface area contributed by atoms with Gasteiger partial charge >= 0.3 is 5.97 Å². The Morgan fingerprint density at radius 2 is 2.19 bits per heavy atom. The Bertz CT molecular complexity index is 638. The van der Waals surface area contributed by atoms with Gasteiger partial charge in [0.25, 0.3) is 0 Å². The molecular weight excluding hydrogens is 266 g/mol. The van der Waals surface area contributed by atoms with E-state index in [0.717, 1.165) is 22.9 Å². The zero-order valence-corrected chi connectivity index (χ0v) is 13.1. The van der Waals surface area contributed by atoms with Crippen LogP contribution in [0.5, 0.6) is 0 Å². The van der Waals surface area contributed by atoms with Crippen molar-refractivity contribution in [1.82, 2.24) is 9.55 Å². The number of rotatable bonds is 4. The van der Waals surface area contributed by atoms with Crippen LogP contribution in [0.4, 0.5) is 0 Å². The van der Waals surface area contributed by atoms with Crippen LogP contribution in [0.3, 0.4) is 0 Å². The number of hydrogen-bond acceptors (Lipinski definition) is 4. The van der Waals surface area contributed by atoms with E-state index < -0.39 is 5.60 Å². The Labute approximate surface area is 125 Å². The largest absolute Gasteiger partial charge is 0.459 e. The molecule has 5 nitrogen and oxygen atoms in total. The molecular formula is C16H23N3O2. The lowest BCUT2D eigenvalue weighted by molar-refractivity contribution is -0.155. The van der Waals surface area contributed by atoms with Gasteiger partial charge in [-0.05, 0) is 45.7 Å². The number of ether oxygens (including phenoxy) is 1. The predicted molar refractivity (Wildman–Crippen MR) is 82.9 cm³/mol. The molecule has 21 heavy (non-hydrogen) atoms. The second kappa shape index (κ2) is 5.85. The summed E-state index contributed by atoms with van der Waals surface area (Å²) in [5.74, 6) is -0.247. The highest BCUT2D eigenvalue weighted by molar-refractivity contribution is 5.84. The van der Waals surface area contributed by atoms with Crippen molar-refractivity contribution < 1.29 is 9.53 Å². The maximum absolute atomic E-state index is 12.0. The molecule has 1 atom stereocenters. The number of nitrogens with zero attached hydrogens (tertiary/aromatic N) is 2. The second-order valence-corrected chi connectivity index (χ2v) is 6.44. The molecule has 0 fully saturated rings. The van der Waals surface area contributed by atoms with E-state index in [1.54, 1.807) is 6.20 Å². The second-order valence-electron chi connectivity index (χ2n) is 6.44. The van der Waals surface area contributed by atoms with Crippen LogP contribution >= 0.6 is 0 Å². The Hall–Kier alpha value is -1.88. The zero-order chi connectivity index (χ0) is 15.6. The fourth-order valence-corrected chi connectivity index (χ4v) is 2.37. The summed E-state index contributed by atoms with van der Waals surface area (Å²) < 4.78 is 7.29. The summed E-state index contributed by atoms with van der Waals surface area (Å²) in [7, 11) is 0. The van der Waals surface area contributed by atoms with Gasteiger partial charge in [-0.1, -0.05) is 0 Å². The molecule has 5 heteroatoms. The molecule has 2 aromatic rings. The Kier molecular flexibility index (Phi) is 4.32. The maximum Gasteiger partial charge on any atom is 0.326 e. The van der Waals surface area contributed by atoms with Crippen molar-refractivity contribution in [3.63, 3.8) is 0 Å². The summed E-state index contributed by atoms with van der Waals surface area (Å²) in [5.41, 5.74) is 7.50. The fourth-order valence-electron chi connectivity index (χ4n) is 2.37. The van der Waals surface area contributed by atoms with Crippen LogP contribution in [-0.2, 0) is 22.5 Å². The molecule has 0 radical (unpaired) electrons. The maximum atomic E-state index is 12.0. The lowest BCUT2D eigenvalue weighted by atomic mass is 10.1. The van der Waals surface area contributed by atoms with Crippen molar-refractivity contribution in [2.24, 2.45) is 5.73 Å². The van der Waals surface area contributed by atoms with E-state index in [9.17, 15) is 4.79 Å². The Balaban J connectivity index is 2.29. The van der Waals surface area contributed by atoms with E-state index in [1.807, 2.05) is 50.7 Å². The van der Waals surface area contributed by atoms with Gasteiger partial charge in [0.05, 0.1) is 5.52 Å². The van der Waals surface area contributed by atoms with Gasteiger partial charge < -0.3 is 15.0 Å². The highest BCUT2D eigenvalue weighted by Crippen LogP contribution is 2.22. The summed E-state index contributed by atoms with van der Waals surface area (Å²) in [6.45, 7) is 7.75. The van der Waals surface area contributed by atoms with Crippen LogP contribution in [0.15, 0.2) is 24.7 Å². The van der Waals surface area contributed by atoms with Crippen LogP contribution in [-0.4, -0.2) is 27.2 Å². The van der Waals surface area contributed by atoms with Gasteiger partial charge in [-0.2, -0.15) is 0 Å². The molecule has 1 unspecified atom stereocenters. The smallest absolute Gasteiger partial charge is 0.326 e. The lowest BCUT2D eigenvalue weighted by Gasteiger charge is -2.19. The Morgan fingerprint density at radius 3 is 2.81 bits per heavy atom. The molecule has 0 saturated heterocycles. The summed E-state index contributed by atoms with van der Waals surface area (Å²) in [5, 5.41) is 1.04. The van der Waals surface area contributed by atoms with Gasteiger partial charge in [-0.25, -0.2) is 0 Å². The number of carbonyl (C=O) groups excluding carboxylic acids is 1. The van der Waals surface area contributed by atoms with Gasteiger partial charge in [-0.3, -0.25) is 9.78 Å². The molecule has 0 bridgehead atoms. The fraction of sp³-hybridized carbons (Fsp3) is 0.500.